The van der Waals surface area contributed by atoms with Crippen molar-refractivity contribution in [1.82, 2.24) is 9.88 Å². The van der Waals surface area contributed by atoms with Crippen LogP contribution >= 0.6 is 0 Å². The molecule has 0 spiro atoms. The number of benzene rings is 3. The molecule has 1 N–H and O–H groups in total. The van der Waals surface area contributed by atoms with Crippen molar-refractivity contribution in [2.45, 2.75) is 32.0 Å². The van der Waals surface area contributed by atoms with Crippen molar-refractivity contribution < 1.29 is 4.74 Å². The number of fused-ring (bicyclic) bond motifs is 1. The second kappa shape index (κ2) is 7.76. The van der Waals surface area contributed by atoms with Gasteiger partial charge in [-0.3, -0.25) is 4.90 Å². The SMILES string of the molecule is COc1ccc(CN(Cc2c(-c3ccccc3)[nH]c3ccccc23)C2CC2)cc1. The van der Waals surface area contributed by atoms with Crippen molar-refractivity contribution in [3.8, 4) is 17.0 Å². The third kappa shape index (κ3) is 3.79. The fourth-order valence-electron chi connectivity index (χ4n) is 4.14. The lowest BCUT2D eigenvalue weighted by Gasteiger charge is -2.23. The van der Waals surface area contributed by atoms with Crippen LogP contribution in [0.5, 0.6) is 5.75 Å². The van der Waals surface area contributed by atoms with Gasteiger partial charge in [0.25, 0.3) is 0 Å². The van der Waals surface area contributed by atoms with Crippen LogP contribution in [0.15, 0.2) is 78.9 Å². The van der Waals surface area contributed by atoms with Crippen LogP contribution < -0.4 is 4.74 Å². The minimum absolute atomic E-state index is 0.675. The molecule has 3 heteroatoms. The van der Waals surface area contributed by atoms with Gasteiger partial charge in [-0.15, -0.1) is 0 Å². The molecule has 3 nitrogen and oxygen atoms in total. The molecule has 0 aliphatic heterocycles. The van der Waals surface area contributed by atoms with Crippen molar-refractivity contribution in [2.75, 3.05) is 7.11 Å². The number of aromatic nitrogens is 1. The number of para-hydroxylation sites is 1. The second-order valence-electron chi connectivity index (χ2n) is 7.87. The number of H-pyrrole nitrogens is 1. The van der Waals surface area contributed by atoms with Crippen LogP contribution in [-0.4, -0.2) is 23.0 Å². The number of methoxy groups -OCH3 is 1. The Labute approximate surface area is 171 Å². The van der Waals surface area contributed by atoms with Gasteiger partial charge >= 0.3 is 0 Å². The van der Waals surface area contributed by atoms with E-state index in [-0.39, 0.29) is 0 Å². The van der Waals surface area contributed by atoms with Crippen LogP contribution in [0.3, 0.4) is 0 Å². The Balaban J connectivity index is 1.50. The number of nitrogens with one attached hydrogen (secondary N) is 1. The van der Waals surface area contributed by atoms with Crippen molar-refractivity contribution >= 4 is 10.9 Å². The number of aromatic amines is 1. The van der Waals surface area contributed by atoms with Crippen molar-refractivity contribution in [2.24, 2.45) is 0 Å². The summed E-state index contributed by atoms with van der Waals surface area (Å²) in [7, 11) is 1.72. The second-order valence-corrected chi connectivity index (χ2v) is 7.87. The Morgan fingerprint density at radius 1 is 0.862 bits per heavy atom. The molecule has 0 atom stereocenters. The Bertz CT molecular complexity index is 1090. The summed E-state index contributed by atoms with van der Waals surface area (Å²) in [6, 6.07) is 28.5. The molecule has 1 fully saturated rings. The average Bonchev–Trinajstić information content (AvgIpc) is 3.57. The summed E-state index contributed by atoms with van der Waals surface area (Å²) in [6.45, 7) is 1.91. The maximum absolute atomic E-state index is 5.31. The fourth-order valence-corrected chi connectivity index (χ4v) is 4.14. The van der Waals surface area contributed by atoms with Crippen LogP contribution in [0.25, 0.3) is 22.2 Å². The molecule has 0 unspecified atom stereocenters. The molecule has 0 amide bonds. The molecule has 5 rings (SSSR count). The van der Waals surface area contributed by atoms with Crippen molar-refractivity contribution in [3.05, 3.63) is 90.0 Å². The van der Waals surface area contributed by atoms with Gasteiger partial charge in [-0.1, -0.05) is 60.7 Å². The zero-order valence-electron chi connectivity index (χ0n) is 16.8. The molecule has 3 aromatic carbocycles. The molecule has 1 aromatic heterocycles. The Kier molecular flexibility index (Phi) is 4.82. The smallest absolute Gasteiger partial charge is 0.118 e. The molecule has 1 aliphatic carbocycles. The van der Waals surface area contributed by atoms with Gasteiger partial charge in [0, 0.05) is 30.0 Å². The maximum Gasteiger partial charge on any atom is 0.118 e. The standard InChI is InChI=1S/C26H26N2O/c1-29-22-15-11-19(12-16-22)17-28(21-13-14-21)18-24-23-9-5-6-10-25(23)27-26(24)20-7-3-2-4-8-20/h2-12,15-16,21,27H,13-14,17-18H2,1H3. The van der Waals surface area contributed by atoms with Gasteiger partial charge in [-0.2, -0.15) is 0 Å². The minimum atomic E-state index is 0.675. The van der Waals surface area contributed by atoms with Gasteiger partial charge in [0.2, 0.25) is 0 Å². The van der Waals surface area contributed by atoms with E-state index in [1.807, 2.05) is 0 Å². The highest BCUT2D eigenvalue weighted by molar-refractivity contribution is 5.90. The molecule has 146 valence electrons. The van der Waals surface area contributed by atoms with Crippen LogP contribution in [0, 0.1) is 0 Å². The van der Waals surface area contributed by atoms with E-state index in [9.17, 15) is 0 Å². The van der Waals surface area contributed by atoms with Crippen molar-refractivity contribution in [3.63, 3.8) is 0 Å². The van der Waals surface area contributed by atoms with Crippen LogP contribution in [0.2, 0.25) is 0 Å². The van der Waals surface area contributed by atoms with E-state index in [1.165, 1.54) is 46.1 Å². The van der Waals surface area contributed by atoms with Gasteiger partial charge in [0.05, 0.1) is 12.8 Å². The summed E-state index contributed by atoms with van der Waals surface area (Å²) in [5.41, 5.74) is 6.43. The Morgan fingerprint density at radius 2 is 1.59 bits per heavy atom. The number of ether oxygens (including phenoxy) is 1. The predicted octanol–water partition coefficient (Wildman–Crippen LogP) is 6.01. The summed E-state index contributed by atoms with van der Waals surface area (Å²) >= 11 is 0. The number of rotatable bonds is 7. The van der Waals surface area contributed by atoms with Gasteiger partial charge in [-0.05, 0) is 47.7 Å². The lowest BCUT2D eigenvalue weighted by atomic mass is 10.0. The van der Waals surface area contributed by atoms with Gasteiger partial charge in [-0.25, -0.2) is 0 Å². The highest BCUT2D eigenvalue weighted by Crippen LogP contribution is 2.35. The van der Waals surface area contributed by atoms with E-state index in [0.29, 0.717) is 6.04 Å². The van der Waals surface area contributed by atoms with Gasteiger partial charge in [0.15, 0.2) is 0 Å². The molecule has 1 saturated carbocycles. The third-order valence-electron chi connectivity index (χ3n) is 5.85. The lowest BCUT2D eigenvalue weighted by Crippen LogP contribution is -2.25. The minimum Gasteiger partial charge on any atom is -0.497 e. The highest BCUT2D eigenvalue weighted by atomic mass is 16.5. The van der Waals surface area contributed by atoms with Crippen LogP contribution in [0.4, 0.5) is 0 Å². The van der Waals surface area contributed by atoms with Gasteiger partial charge < -0.3 is 9.72 Å². The predicted molar refractivity (Wildman–Crippen MR) is 119 cm³/mol. The number of nitrogens with zero attached hydrogens (tertiary/aromatic N) is 1. The van der Waals surface area contributed by atoms with E-state index < -0.39 is 0 Å². The summed E-state index contributed by atoms with van der Waals surface area (Å²) in [5.74, 6) is 0.912. The molecule has 1 heterocycles. The third-order valence-corrected chi connectivity index (χ3v) is 5.85. The normalized spacial score (nSPS) is 13.9. The molecular weight excluding hydrogens is 356 g/mol. The molecule has 0 radical (unpaired) electrons. The van der Waals surface area contributed by atoms with Crippen LogP contribution in [-0.2, 0) is 13.1 Å². The monoisotopic (exact) mass is 382 g/mol. The van der Waals surface area contributed by atoms with E-state index in [2.05, 4.69) is 88.7 Å². The average molecular weight is 383 g/mol. The van der Waals surface area contributed by atoms with E-state index in [0.717, 1.165) is 18.8 Å². The number of hydrogen-bond donors (Lipinski definition) is 1. The quantitative estimate of drug-likeness (QED) is 0.424. The summed E-state index contributed by atoms with van der Waals surface area (Å²) in [5, 5.41) is 1.33. The first-order valence-electron chi connectivity index (χ1n) is 10.3. The number of hydrogen-bond acceptors (Lipinski definition) is 2. The van der Waals surface area contributed by atoms with E-state index in [4.69, 9.17) is 4.74 Å². The van der Waals surface area contributed by atoms with Crippen molar-refractivity contribution in [1.29, 1.82) is 0 Å². The Morgan fingerprint density at radius 3 is 2.31 bits per heavy atom. The zero-order valence-corrected chi connectivity index (χ0v) is 16.8. The van der Waals surface area contributed by atoms with Gasteiger partial charge in [0.1, 0.15) is 5.75 Å². The molecule has 1 aliphatic rings. The molecule has 0 bridgehead atoms. The van der Waals surface area contributed by atoms with Crippen LogP contribution in [0.1, 0.15) is 24.0 Å². The summed E-state index contributed by atoms with van der Waals surface area (Å²) in [4.78, 5) is 6.31. The Hall–Kier alpha value is -3.04. The molecule has 4 aromatic rings. The molecular formula is C26H26N2O. The maximum atomic E-state index is 5.31. The summed E-state index contributed by atoms with van der Waals surface area (Å²) < 4.78 is 5.31. The fraction of sp³-hybridized carbons (Fsp3) is 0.231. The molecule has 29 heavy (non-hydrogen) atoms. The van der Waals surface area contributed by atoms with E-state index >= 15 is 0 Å². The zero-order chi connectivity index (χ0) is 19.6. The largest absolute Gasteiger partial charge is 0.497 e. The highest BCUT2D eigenvalue weighted by Gasteiger charge is 2.30. The summed E-state index contributed by atoms with van der Waals surface area (Å²) in [6.07, 6.45) is 2.58. The first-order valence-corrected chi connectivity index (χ1v) is 10.3. The molecule has 0 saturated heterocycles. The first-order chi connectivity index (χ1) is 14.3. The first kappa shape index (κ1) is 18.0. The van der Waals surface area contributed by atoms with E-state index in [1.54, 1.807) is 7.11 Å². The lowest BCUT2D eigenvalue weighted by molar-refractivity contribution is 0.247. The topological polar surface area (TPSA) is 28.3 Å².